The third-order valence-corrected chi connectivity index (χ3v) is 4.14. The van der Waals surface area contributed by atoms with E-state index in [1.807, 2.05) is 4.90 Å². The Kier molecular flexibility index (Phi) is 5.31. The fourth-order valence-corrected chi connectivity index (χ4v) is 2.94. The first-order valence-electron chi connectivity index (χ1n) is 6.02. The van der Waals surface area contributed by atoms with Crippen molar-refractivity contribution in [2.24, 2.45) is 11.8 Å². The lowest BCUT2D eigenvalue weighted by Crippen LogP contribution is -2.43. The molecule has 1 aliphatic heterocycles. The van der Waals surface area contributed by atoms with Gasteiger partial charge in [-0.1, -0.05) is 13.8 Å². The summed E-state index contributed by atoms with van der Waals surface area (Å²) in [5.41, 5.74) is 0. The Morgan fingerprint density at radius 1 is 1.35 bits per heavy atom. The number of carboxylic acid groups (broad SMARTS) is 1. The average Bonchev–Trinajstić information content (AvgIpc) is 2.23. The molecule has 0 saturated carbocycles. The second-order valence-corrected chi connectivity index (χ2v) is 6.37. The van der Waals surface area contributed by atoms with Crippen molar-refractivity contribution in [3.8, 4) is 0 Å². The van der Waals surface area contributed by atoms with E-state index >= 15 is 0 Å². The van der Waals surface area contributed by atoms with Crippen LogP contribution in [0, 0.1) is 11.8 Å². The molecular formula is C12H21NO3S. The molecular weight excluding hydrogens is 238 g/mol. The summed E-state index contributed by atoms with van der Waals surface area (Å²) >= 11 is 1.20. The molecule has 98 valence electrons. The first kappa shape index (κ1) is 14.4. The highest BCUT2D eigenvalue weighted by molar-refractivity contribution is 8.01. The van der Waals surface area contributed by atoms with Gasteiger partial charge in [0.1, 0.15) is 0 Å². The molecule has 0 aromatic heterocycles. The highest BCUT2D eigenvalue weighted by Crippen LogP contribution is 2.22. The molecule has 0 aliphatic carbocycles. The van der Waals surface area contributed by atoms with Crippen molar-refractivity contribution in [1.82, 2.24) is 4.90 Å². The zero-order valence-electron chi connectivity index (χ0n) is 10.7. The molecule has 3 atom stereocenters. The zero-order chi connectivity index (χ0) is 13.0. The summed E-state index contributed by atoms with van der Waals surface area (Å²) < 4.78 is 0. The van der Waals surface area contributed by atoms with Gasteiger partial charge in [-0.2, -0.15) is 0 Å². The summed E-state index contributed by atoms with van der Waals surface area (Å²) in [5.74, 6) is 0.575. The summed E-state index contributed by atoms with van der Waals surface area (Å²) in [7, 11) is 0. The van der Waals surface area contributed by atoms with Crippen LogP contribution in [-0.4, -0.2) is 46.0 Å². The standard InChI is InChI=1S/C12H21NO3S/c1-8-4-9(2)6-13(5-8)11(14)7-17-10(3)12(15)16/h8-10H,4-7H2,1-3H3,(H,15,16). The molecule has 0 aromatic rings. The van der Waals surface area contributed by atoms with Crippen molar-refractivity contribution in [3.63, 3.8) is 0 Å². The van der Waals surface area contributed by atoms with Gasteiger partial charge in [0.15, 0.2) is 0 Å². The maximum Gasteiger partial charge on any atom is 0.316 e. The minimum atomic E-state index is -0.858. The minimum absolute atomic E-state index is 0.0708. The van der Waals surface area contributed by atoms with Crippen LogP contribution < -0.4 is 0 Å². The molecule has 1 heterocycles. The maximum absolute atomic E-state index is 11.9. The van der Waals surface area contributed by atoms with E-state index in [1.165, 1.54) is 18.2 Å². The quantitative estimate of drug-likeness (QED) is 0.835. The Morgan fingerprint density at radius 2 is 1.88 bits per heavy atom. The molecule has 0 radical (unpaired) electrons. The number of carbonyl (C=O) groups excluding carboxylic acids is 1. The second-order valence-electron chi connectivity index (χ2n) is 5.04. The van der Waals surface area contributed by atoms with Gasteiger partial charge in [0.2, 0.25) is 5.91 Å². The topological polar surface area (TPSA) is 57.6 Å². The monoisotopic (exact) mass is 259 g/mol. The molecule has 1 saturated heterocycles. The molecule has 1 N–H and O–H groups in total. The summed E-state index contributed by atoms with van der Waals surface area (Å²) in [6.07, 6.45) is 1.17. The fraction of sp³-hybridized carbons (Fsp3) is 0.833. The van der Waals surface area contributed by atoms with Crippen LogP contribution in [0.3, 0.4) is 0 Å². The SMILES string of the molecule is CC1CC(C)CN(C(=O)CSC(C)C(=O)O)C1. The lowest BCUT2D eigenvalue weighted by atomic mass is 9.92. The number of rotatable bonds is 4. The van der Waals surface area contributed by atoms with Gasteiger partial charge in [-0.25, -0.2) is 0 Å². The number of piperidine rings is 1. The summed E-state index contributed by atoms with van der Waals surface area (Å²) in [4.78, 5) is 24.5. The lowest BCUT2D eigenvalue weighted by Gasteiger charge is -2.35. The van der Waals surface area contributed by atoms with Crippen LogP contribution in [0.2, 0.25) is 0 Å². The van der Waals surface area contributed by atoms with Crippen LogP contribution >= 0.6 is 11.8 Å². The van der Waals surface area contributed by atoms with Crippen LogP contribution in [0.1, 0.15) is 27.2 Å². The van der Waals surface area contributed by atoms with Crippen LogP contribution in [0.4, 0.5) is 0 Å². The van der Waals surface area contributed by atoms with Crippen molar-refractivity contribution in [1.29, 1.82) is 0 Å². The normalized spacial score (nSPS) is 26.6. The molecule has 0 spiro atoms. The van der Waals surface area contributed by atoms with Gasteiger partial charge in [0.05, 0.1) is 11.0 Å². The molecule has 0 aromatic carbocycles. The number of carboxylic acids is 1. The lowest BCUT2D eigenvalue weighted by molar-refractivity contribution is -0.136. The molecule has 1 fully saturated rings. The predicted octanol–water partition coefficient (Wildman–Crippen LogP) is 1.70. The Hall–Kier alpha value is -0.710. The molecule has 5 heteroatoms. The van der Waals surface area contributed by atoms with E-state index < -0.39 is 11.2 Å². The van der Waals surface area contributed by atoms with Crippen LogP contribution in [0.5, 0.6) is 0 Å². The molecule has 1 amide bonds. The van der Waals surface area contributed by atoms with E-state index in [-0.39, 0.29) is 11.7 Å². The third-order valence-electron chi connectivity index (χ3n) is 3.03. The van der Waals surface area contributed by atoms with Gasteiger partial charge in [0, 0.05) is 13.1 Å². The molecule has 0 bridgehead atoms. The van der Waals surface area contributed by atoms with Crippen LogP contribution in [0.15, 0.2) is 0 Å². The first-order valence-corrected chi connectivity index (χ1v) is 7.07. The first-order chi connectivity index (χ1) is 7.90. The van der Waals surface area contributed by atoms with Gasteiger partial charge in [0.25, 0.3) is 0 Å². The fourth-order valence-electron chi connectivity index (χ4n) is 2.23. The van der Waals surface area contributed by atoms with Crippen molar-refractivity contribution < 1.29 is 14.7 Å². The Labute approximate surface area is 107 Å². The zero-order valence-corrected chi connectivity index (χ0v) is 11.5. The summed E-state index contributed by atoms with van der Waals surface area (Å²) in [6.45, 7) is 7.55. The van der Waals surface area contributed by atoms with E-state index in [9.17, 15) is 9.59 Å². The smallest absolute Gasteiger partial charge is 0.316 e. The van der Waals surface area contributed by atoms with Crippen LogP contribution in [-0.2, 0) is 9.59 Å². The largest absolute Gasteiger partial charge is 0.480 e. The van der Waals surface area contributed by atoms with Gasteiger partial charge in [-0.3, -0.25) is 9.59 Å². The molecule has 4 nitrogen and oxygen atoms in total. The molecule has 3 unspecified atom stereocenters. The Morgan fingerprint density at radius 3 is 2.35 bits per heavy atom. The van der Waals surface area contributed by atoms with E-state index in [2.05, 4.69) is 13.8 Å². The highest BCUT2D eigenvalue weighted by atomic mass is 32.2. The number of likely N-dealkylation sites (tertiary alicyclic amines) is 1. The van der Waals surface area contributed by atoms with E-state index in [4.69, 9.17) is 5.11 Å². The van der Waals surface area contributed by atoms with Gasteiger partial charge >= 0.3 is 5.97 Å². The number of hydrogen-bond acceptors (Lipinski definition) is 3. The summed E-state index contributed by atoms with van der Waals surface area (Å²) in [6, 6.07) is 0. The predicted molar refractivity (Wildman–Crippen MR) is 69.1 cm³/mol. The van der Waals surface area contributed by atoms with Crippen molar-refractivity contribution in [3.05, 3.63) is 0 Å². The van der Waals surface area contributed by atoms with Crippen molar-refractivity contribution >= 4 is 23.6 Å². The summed E-state index contributed by atoms with van der Waals surface area (Å²) in [5, 5.41) is 8.23. The number of carbonyl (C=O) groups is 2. The number of hydrogen-bond donors (Lipinski definition) is 1. The van der Waals surface area contributed by atoms with Gasteiger partial charge in [-0.05, 0) is 25.2 Å². The van der Waals surface area contributed by atoms with E-state index in [0.29, 0.717) is 11.8 Å². The highest BCUT2D eigenvalue weighted by Gasteiger charge is 2.25. The molecule has 1 rings (SSSR count). The third kappa shape index (κ3) is 4.58. The average molecular weight is 259 g/mol. The van der Waals surface area contributed by atoms with Crippen molar-refractivity contribution in [2.75, 3.05) is 18.8 Å². The van der Waals surface area contributed by atoms with E-state index in [1.54, 1.807) is 6.92 Å². The maximum atomic E-state index is 11.9. The number of aliphatic carboxylic acids is 1. The Bertz CT molecular complexity index is 285. The number of thioether (sulfide) groups is 1. The number of amides is 1. The van der Waals surface area contributed by atoms with Gasteiger partial charge < -0.3 is 10.0 Å². The van der Waals surface area contributed by atoms with Crippen LogP contribution in [0.25, 0.3) is 0 Å². The number of nitrogens with zero attached hydrogens (tertiary/aromatic N) is 1. The second kappa shape index (κ2) is 6.28. The molecule has 1 aliphatic rings. The van der Waals surface area contributed by atoms with Crippen molar-refractivity contribution in [2.45, 2.75) is 32.4 Å². The Balaban J connectivity index is 2.39. The van der Waals surface area contributed by atoms with Gasteiger partial charge in [-0.15, -0.1) is 11.8 Å². The van der Waals surface area contributed by atoms with E-state index in [0.717, 1.165) is 13.1 Å². The minimum Gasteiger partial charge on any atom is -0.480 e. The molecule has 17 heavy (non-hydrogen) atoms.